The van der Waals surface area contributed by atoms with Crippen LogP contribution in [0.15, 0.2) is 59.1 Å². The summed E-state index contributed by atoms with van der Waals surface area (Å²) in [5.74, 6) is -0.391. The van der Waals surface area contributed by atoms with Crippen LogP contribution in [0.25, 0.3) is 6.08 Å². The first-order chi connectivity index (χ1) is 8.66. The van der Waals surface area contributed by atoms with E-state index in [4.69, 9.17) is 0 Å². The molecule has 0 saturated heterocycles. The third-order valence-electron chi connectivity index (χ3n) is 2.42. The van der Waals surface area contributed by atoms with Crippen LogP contribution in [0, 0.1) is 5.82 Å². The Labute approximate surface area is 113 Å². The first kappa shape index (κ1) is 12.7. The van der Waals surface area contributed by atoms with Crippen LogP contribution in [-0.2, 0) is 0 Å². The lowest BCUT2D eigenvalue weighted by atomic mass is 10.1. The molecule has 0 N–H and O–H groups in total. The number of halogens is 2. The summed E-state index contributed by atoms with van der Waals surface area (Å²) in [5.41, 5.74) is 1.38. The summed E-state index contributed by atoms with van der Waals surface area (Å²) in [6, 6.07) is 14.9. The van der Waals surface area contributed by atoms with Crippen LogP contribution < -0.4 is 0 Å². The van der Waals surface area contributed by atoms with Crippen molar-refractivity contribution >= 4 is 27.8 Å². The summed E-state index contributed by atoms with van der Waals surface area (Å²) in [6.07, 6.45) is 1.68. The second-order valence-electron chi connectivity index (χ2n) is 3.74. The zero-order valence-corrected chi connectivity index (χ0v) is 11.0. The summed E-state index contributed by atoms with van der Waals surface area (Å²) in [7, 11) is 0. The van der Waals surface area contributed by atoms with Crippen molar-refractivity contribution in [2.45, 2.75) is 0 Å². The highest BCUT2D eigenvalue weighted by Crippen LogP contribution is 2.18. The zero-order chi connectivity index (χ0) is 13.0. The minimum absolute atomic E-state index is 0.0973. The molecule has 0 heterocycles. The Morgan fingerprint density at radius 2 is 1.61 bits per heavy atom. The fraction of sp³-hybridized carbons (Fsp3) is 0. The summed E-state index contributed by atoms with van der Waals surface area (Å²) in [5, 5.41) is 0. The van der Waals surface area contributed by atoms with Crippen molar-refractivity contribution in [1.29, 1.82) is 0 Å². The average Bonchev–Trinajstić information content (AvgIpc) is 2.41. The third-order valence-corrected chi connectivity index (χ3v) is 3.01. The number of rotatable bonds is 3. The molecule has 2 aromatic carbocycles. The molecule has 2 aromatic rings. The average molecular weight is 305 g/mol. The predicted molar refractivity (Wildman–Crippen MR) is 74.1 cm³/mol. The van der Waals surface area contributed by atoms with E-state index in [1.54, 1.807) is 30.3 Å². The van der Waals surface area contributed by atoms with Crippen molar-refractivity contribution in [1.82, 2.24) is 0 Å². The van der Waals surface area contributed by atoms with Gasteiger partial charge < -0.3 is 0 Å². The molecule has 0 saturated carbocycles. The van der Waals surface area contributed by atoms with Gasteiger partial charge >= 0.3 is 0 Å². The lowest BCUT2D eigenvalue weighted by molar-refractivity contribution is 0.104. The van der Waals surface area contributed by atoms with Gasteiger partial charge in [-0.2, -0.15) is 0 Å². The minimum Gasteiger partial charge on any atom is -0.288 e. The number of carbonyl (C=O) groups is 1. The third kappa shape index (κ3) is 3.14. The Bertz CT molecular complexity index is 573. The van der Waals surface area contributed by atoms with E-state index in [9.17, 15) is 9.18 Å². The summed E-state index contributed by atoms with van der Waals surface area (Å²) >= 11 is 3.25. The molecule has 90 valence electrons. The fourth-order valence-electron chi connectivity index (χ4n) is 1.50. The van der Waals surface area contributed by atoms with E-state index in [1.165, 1.54) is 12.1 Å². The van der Waals surface area contributed by atoms with E-state index in [2.05, 4.69) is 15.9 Å². The molecular formula is C15H10BrFO. The van der Waals surface area contributed by atoms with Crippen LogP contribution >= 0.6 is 15.9 Å². The monoisotopic (exact) mass is 304 g/mol. The van der Waals surface area contributed by atoms with Crippen molar-refractivity contribution in [2.75, 3.05) is 0 Å². The Balaban J connectivity index is 2.23. The molecule has 1 nitrogen and oxygen atoms in total. The van der Waals surface area contributed by atoms with Gasteiger partial charge in [-0.1, -0.05) is 42.5 Å². The Kier molecular flexibility index (Phi) is 4.05. The fourth-order valence-corrected chi connectivity index (χ4v) is 1.99. The molecule has 0 aromatic heterocycles. The van der Waals surface area contributed by atoms with Crippen LogP contribution in [0.1, 0.15) is 15.9 Å². The van der Waals surface area contributed by atoms with Gasteiger partial charge in [0.15, 0.2) is 5.78 Å². The maximum atomic E-state index is 12.7. The van der Waals surface area contributed by atoms with E-state index >= 15 is 0 Å². The molecule has 0 atom stereocenters. The van der Waals surface area contributed by atoms with Gasteiger partial charge in [0.25, 0.3) is 0 Å². The van der Waals surface area contributed by atoms with Crippen LogP contribution in [0.4, 0.5) is 4.39 Å². The van der Waals surface area contributed by atoms with Gasteiger partial charge in [0.05, 0.1) is 4.48 Å². The minimum atomic E-state index is -0.294. The summed E-state index contributed by atoms with van der Waals surface area (Å²) < 4.78 is 13.2. The molecule has 0 spiro atoms. The normalized spacial score (nSPS) is 11.3. The molecule has 0 unspecified atom stereocenters. The topological polar surface area (TPSA) is 17.1 Å². The molecule has 0 aliphatic heterocycles. The maximum absolute atomic E-state index is 12.7. The van der Waals surface area contributed by atoms with Crippen molar-refractivity contribution < 1.29 is 9.18 Å². The van der Waals surface area contributed by atoms with Crippen molar-refractivity contribution in [3.05, 3.63) is 76.0 Å². The van der Waals surface area contributed by atoms with E-state index in [0.717, 1.165) is 5.56 Å². The number of ketones is 1. The standard InChI is InChI=1S/C15H10BrFO/c16-14(10-11-6-8-13(17)9-7-11)15(18)12-4-2-1-3-5-12/h1-10H/b14-10-. The number of hydrogen-bond donors (Lipinski definition) is 0. The molecule has 18 heavy (non-hydrogen) atoms. The van der Waals surface area contributed by atoms with Crippen molar-refractivity contribution in [3.63, 3.8) is 0 Å². The molecule has 0 aliphatic carbocycles. The van der Waals surface area contributed by atoms with E-state index in [0.29, 0.717) is 10.0 Å². The van der Waals surface area contributed by atoms with Gasteiger partial charge in [0, 0.05) is 5.56 Å². The second-order valence-corrected chi connectivity index (χ2v) is 4.59. The molecule has 0 bridgehead atoms. The lowest BCUT2D eigenvalue weighted by Crippen LogP contribution is -1.97. The number of Topliss-reactive ketones (excluding diaryl/α,β-unsaturated/α-hetero) is 1. The van der Waals surface area contributed by atoms with Gasteiger partial charge in [0.1, 0.15) is 5.82 Å². The number of allylic oxidation sites excluding steroid dienone is 1. The predicted octanol–water partition coefficient (Wildman–Crippen LogP) is 4.44. The SMILES string of the molecule is O=C(/C(Br)=C/c1ccc(F)cc1)c1ccccc1. The highest BCUT2D eigenvalue weighted by Gasteiger charge is 2.08. The van der Waals surface area contributed by atoms with E-state index in [1.807, 2.05) is 18.2 Å². The first-order valence-electron chi connectivity index (χ1n) is 5.39. The maximum Gasteiger partial charge on any atom is 0.199 e. The largest absolute Gasteiger partial charge is 0.288 e. The van der Waals surface area contributed by atoms with Crippen LogP contribution in [0.3, 0.4) is 0 Å². The highest BCUT2D eigenvalue weighted by molar-refractivity contribution is 9.12. The zero-order valence-electron chi connectivity index (χ0n) is 9.44. The Hall–Kier alpha value is -1.74. The molecule has 0 fully saturated rings. The molecular weight excluding hydrogens is 295 g/mol. The van der Waals surface area contributed by atoms with Crippen LogP contribution in [0.5, 0.6) is 0 Å². The Morgan fingerprint density at radius 1 is 1.00 bits per heavy atom. The van der Waals surface area contributed by atoms with Gasteiger partial charge in [-0.25, -0.2) is 4.39 Å². The van der Waals surface area contributed by atoms with E-state index in [-0.39, 0.29) is 11.6 Å². The molecule has 0 radical (unpaired) electrons. The first-order valence-corrected chi connectivity index (χ1v) is 6.18. The van der Waals surface area contributed by atoms with Gasteiger partial charge in [0.2, 0.25) is 0 Å². The molecule has 0 amide bonds. The highest BCUT2D eigenvalue weighted by atomic mass is 79.9. The number of hydrogen-bond acceptors (Lipinski definition) is 1. The van der Waals surface area contributed by atoms with Crippen molar-refractivity contribution in [2.24, 2.45) is 0 Å². The lowest BCUT2D eigenvalue weighted by Gasteiger charge is -2.00. The van der Waals surface area contributed by atoms with Gasteiger partial charge in [-0.15, -0.1) is 0 Å². The number of carbonyl (C=O) groups excluding carboxylic acids is 1. The smallest absolute Gasteiger partial charge is 0.199 e. The van der Waals surface area contributed by atoms with Crippen molar-refractivity contribution in [3.8, 4) is 0 Å². The molecule has 3 heteroatoms. The summed E-state index contributed by atoms with van der Waals surface area (Å²) in [6.45, 7) is 0. The van der Waals surface area contributed by atoms with Crippen LogP contribution in [0.2, 0.25) is 0 Å². The number of benzene rings is 2. The Morgan fingerprint density at radius 3 is 2.22 bits per heavy atom. The van der Waals surface area contributed by atoms with E-state index < -0.39 is 0 Å². The quantitative estimate of drug-likeness (QED) is 0.605. The van der Waals surface area contributed by atoms with Crippen LogP contribution in [-0.4, -0.2) is 5.78 Å². The molecule has 2 rings (SSSR count). The van der Waals surface area contributed by atoms with Gasteiger partial charge in [-0.05, 0) is 39.7 Å². The summed E-state index contributed by atoms with van der Waals surface area (Å²) in [4.78, 5) is 12.0. The van der Waals surface area contributed by atoms with Gasteiger partial charge in [-0.3, -0.25) is 4.79 Å². The molecule has 0 aliphatic rings. The second kappa shape index (κ2) is 5.74.